The van der Waals surface area contributed by atoms with Gasteiger partial charge in [0, 0.05) is 0 Å². The minimum Gasteiger partial charge on any atom is -0.446 e. The van der Waals surface area contributed by atoms with Crippen LogP contribution < -0.4 is 10.1 Å². The summed E-state index contributed by atoms with van der Waals surface area (Å²) < 4.78 is 45.6. The molecule has 4 nitrogen and oxygen atoms in total. The summed E-state index contributed by atoms with van der Waals surface area (Å²) in [6.45, 7) is 3.74. The van der Waals surface area contributed by atoms with E-state index in [-0.39, 0.29) is 11.8 Å². The third kappa shape index (κ3) is 6.87. The summed E-state index contributed by atoms with van der Waals surface area (Å²) in [6.07, 6.45) is -3.36. The van der Waals surface area contributed by atoms with Gasteiger partial charge >= 0.3 is 12.5 Å². The molecule has 1 atom stereocenters. The van der Waals surface area contributed by atoms with Crippen molar-refractivity contribution in [3.63, 3.8) is 0 Å². The molecule has 1 amide bonds. The summed E-state index contributed by atoms with van der Waals surface area (Å²) in [4.78, 5) is 11.6. The molecule has 21 heavy (non-hydrogen) atoms. The van der Waals surface area contributed by atoms with Gasteiger partial charge in [-0.2, -0.15) is 0 Å². The fourth-order valence-electron chi connectivity index (χ4n) is 1.66. The van der Waals surface area contributed by atoms with Crippen LogP contribution in [0.15, 0.2) is 24.3 Å². The number of benzene rings is 1. The standard InChI is InChI=1S/C14H18F3NO3/c1-3-4-7-10(2)20-13(19)18-11-8-5-6-9-12(11)21-14(15,16)17/h5-6,8-10H,3-4,7H2,1-2H3,(H,18,19). The Bertz CT molecular complexity index is 463. The van der Waals surface area contributed by atoms with Gasteiger partial charge in [0.15, 0.2) is 5.75 Å². The number of amides is 1. The molecule has 0 spiro atoms. The molecule has 0 fully saturated rings. The second-order valence-electron chi connectivity index (χ2n) is 4.53. The summed E-state index contributed by atoms with van der Waals surface area (Å²) in [7, 11) is 0. The molecule has 0 aliphatic carbocycles. The Kier molecular flexibility index (Phi) is 6.33. The fraction of sp³-hybridized carbons (Fsp3) is 0.500. The van der Waals surface area contributed by atoms with Crippen molar-refractivity contribution in [1.29, 1.82) is 0 Å². The Morgan fingerprint density at radius 2 is 2.00 bits per heavy atom. The molecule has 1 aromatic rings. The van der Waals surface area contributed by atoms with Crippen molar-refractivity contribution >= 4 is 11.8 Å². The molecule has 0 saturated heterocycles. The van der Waals surface area contributed by atoms with Gasteiger partial charge in [0.1, 0.15) is 6.10 Å². The number of anilines is 1. The number of unbranched alkanes of at least 4 members (excludes halogenated alkanes) is 1. The van der Waals surface area contributed by atoms with E-state index in [1.807, 2.05) is 6.92 Å². The SMILES string of the molecule is CCCCC(C)OC(=O)Nc1ccccc1OC(F)(F)F. The van der Waals surface area contributed by atoms with Gasteiger partial charge in [-0.3, -0.25) is 5.32 Å². The molecule has 0 saturated carbocycles. The molecule has 1 unspecified atom stereocenters. The van der Waals surface area contributed by atoms with E-state index in [0.717, 1.165) is 18.9 Å². The summed E-state index contributed by atoms with van der Waals surface area (Å²) >= 11 is 0. The molecule has 7 heteroatoms. The molecule has 0 bridgehead atoms. The largest absolute Gasteiger partial charge is 0.573 e. The minimum absolute atomic E-state index is 0.0949. The number of ether oxygens (including phenoxy) is 2. The molecular formula is C14H18F3NO3. The zero-order chi connectivity index (χ0) is 15.9. The Balaban J connectivity index is 2.63. The highest BCUT2D eigenvalue weighted by molar-refractivity contribution is 5.86. The third-order valence-corrected chi connectivity index (χ3v) is 2.62. The van der Waals surface area contributed by atoms with E-state index in [1.54, 1.807) is 6.92 Å². The van der Waals surface area contributed by atoms with E-state index in [1.165, 1.54) is 18.2 Å². The van der Waals surface area contributed by atoms with Crippen molar-refractivity contribution in [2.75, 3.05) is 5.32 Å². The fourth-order valence-corrected chi connectivity index (χ4v) is 1.66. The molecule has 0 aliphatic heterocycles. The zero-order valence-corrected chi connectivity index (χ0v) is 11.9. The summed E-state index contributed by atoms with van der Waals surface area (Å²) in [5, 5.41) is 2.25. The van der Waals surface area contributed by atoms with Crippen molar-refractivity contribution in [1.82, 2.24) is 0 Å². The first kappa shape index (κ1) is 17.1. The Morgan fingerprint density at radius 3 is 2.62 bits per heavy atom. The van der Waals surface area contributed by atoms with Crippen molar-refractivity contribution in [2.45, 2.75) is 45.6 Å². The number of carbonyl (C=O) groups is 1. The van der Waals surface area contributed by atoms with Crippen LogP contribution in [0, 0.1) is 0 Å². The zero-order valence-electron chi connectivity index (χ0n) is 11.9. The van der Waals surface area contributed by atoms with Gasteiger partial charge in [-0.15, -0.1) is 13.2 Å². The molecule has 1 rings (SSSR count). The molecule has 1 aromatic carbocycles. The van der Waals surface area contributed by atoms with Crippen LogP contribution >= 0.6 is 0 Å². The van der Waals surface area contributed by atoms with E-state index >= 15 is 0 Å². The Labute approximate surface area is 121 Å². The predicted octanol–water partition coefficient (Wildman–Crippen LogP) is 4.71. The van der Waals surface area contributed by atoms with E-state index in [2.05, 4.69) is 10.1 Å². The van der Waals surface area contributed by atoms with Gasteiger partial charge in [0.25, 0.3) is 0 Å². The molecule has 1 N–H and O–H groups in total. The average Bonchev–Trinajstić information content (AvgIpc) is 2.37. The first-order valence-corrected chi connectivity index (χ1v) is 6.64. The van der Waals surface area contributed by atoms with Crippen LogP contribution in [0.2, 0.25) is 0 Å². The highest BCUT2D eigenvalue weighted by Gasteiger charge is 2.32. The second kappa shape index (κ2) is 7.75. The first-order chi connectivity index (χ1) is 9.81. The predicted molar refractivity (Wildman–Crippen MR) is 72.2 cm³/mol. The van der Waals surface area contributed by atoms with Crippen molar-refractivity contribution in [3.05, 3.63) is 24.3 Å². The van der Waals surface area contributed by atoms with Gasteiger partial charge < -0.3 is 9.47 Å². The lowest BCUT2D eigenvalue weighted by Crippen LogP contribution is -2.22. The number of halogens is 3. The van der Waals surface area contributed by atoms with Gasteiger partial charge in [-0.1, -0.05) is 31.9 Å². The Hall–Kier alpha value is -1.92. The van der Waals surface area contributed by atoms with Crippen molar-refractivity contribution < 1.29 is 27.4 Å². The molecule has 0 radical (unpaired) electrons. The average molecular weight is 305 g/mol. The Morgan fingerprint density at radius 1 is 1.33 bits per heavy atom. The third-order valence-electron chi connectivity index (χ3n) is 2.62. The van der Waals surface area contributed by atoms with Crippen molar-refractivity contribution in [2.24, 2.45) is 0 Å². The molecule has 118 valence electrons. The van der Waals surface area contributed by atoms with Crippen LogP contribution in [0.25, 0.3) is 0 Å². The van der Waals surface area contributed by atoms with Gasteiger partial charge in [0.05, 0.1) is 5.69 Å². The van der Waals surface area contributed by atoms with E-state index in [9.17, 15) is 18.0 Å². The van der Waals surface area contributed by atoms with Crippen LogP contribution in [0.5, 0.6) is 5.75 Å². The molecular weight excluding hydrogens is 287 g/mol. The number of hydrogen-bond acceptors (Lipinski definition) is 3. The maximum atomic E-state index is 12.2. The van der Waals surface area contributed by atoms with Gasteiger partial charge in [0.2, 0.25) is 0 Å². The van der Waals surface area contributed by atoms with E-state index in [0.29, 0.717) is 6.42 Å². The lowest BCUT2D eigenvalue weighted by atomic mass is 10.2. The summed E-state index contributed by atoms with van der Waals surface area (Å²) in [5.74, 6) is -0.483. The normalized spacial score (nSPS) is 12.6. The lowest BCUT2D eigenvalue weighted by molar-refractivity contribution is -0.274. The topological polar surface area (TPSA) is 47.6 Å². The number of hydrogen-bond donors (Lipinski definition) is 1. The van der Waals surface area contributed by atoms with Gasteiger partial charge in [-0.25, -0.2) is 4.79 Å². The maximum Gasteiger partial charge on any atom is 0.573 e. The van der Waals surface area contributed by atoms with Crippen molar-refractivity contribution in [3.8, 4) is 5.75 Å². The number of carbonyl (C=O) groups excluding carboxylic acids is 1. The number of rotatable bonds is 6. The lowest BCUT2D eigenvalue weighted by Gasteiger charge is -2.16. The monoisotopic (exact) mass is 305 g/mol. The number of para-hydroxylation sites is 2. The highest BCUT2D eigenvalue weighted by atomic mass is 19.4. The van der Waals surface area contributed by atoms with Gasteiger partial charge in [-0.05, 0) is 25.5 Å². The summed E-state index contributed by atoms with van der Waals surface area (Å²) in [6, 6.07) is 5.28. The highest BCUT2D eigenvalue weighted by Crippen LogP contribution is 2.30. The first-order valence-electron chi connectivity index (χ1n) is 6.64. The molecule has 0 heterocycles. The van der Waals surface area contributed by atoms with Crippen LogP contribution in [0.3, 0.4) is 0 Å². The number of alkyl halides is 3. The second-order valence-corrected chi connectivity index (χ2v) is 4.53. The smallest absolute Gasteiger partial charge is 0.446 e. The maximum absolute atomic E-state index is 12.2. The van der Waals surface area contributed by atoms with Crippen LogP contribution in [-0.4, -0.2) is 18.6 Å². The van der Waals surface area contributed by atoms with Crippen LogP contribution in [-0.2, 0) is 4.74 Å². The number of nitrogens with one attached hydrogen (secondary N) is 1. The quantitative estimate of drug-likeness (QED) is 0.827. The molecule has 0 aromatic heterocycles. The summed E-state index contributed by atoms with van der Waals surface area (Å²) in [5.41, 5.74) is -0.0949. The van der Waals surface area contributed by atoms with Crippen LogP contribution in [0.1, 0.15) is 33.1 Å². The van der Waals surface area contributed by atoms with Crippen LogP contribution in [0.4, 0.5) is 23.7 Å². The minimum atomic E-state index is -4.82. The van der Waals surface area contributed by atoms with E-state index < -0.39 is 18.2 Å². The molecule has 0 aliphatic rings. The van der Waals surface area contributed by atoms with E-state index in [4.69, 9.17) is 4.74 Å².